The van der Waals surface area contributed by atoms with Gasteiger partial charge >= 0.3 is 0 Å². The minimum Gasteiger partial charge on any atom is -0.491 e. The number of aliphatic hydroxyl groups excluding tert-OH is 1. The summed E-state index contributed by atoms with van der Waals surface area (Å²) in [5.41, 5.74) is 4.71. The molecule has 3 N–H and O–H groups in total. The number of fused-ring (bicyclic) bond motifs is 1. The van der Waals surface area contributed by atoms with Crippen molar-refractivity contribution >= 4 is 28.3 Å². The van der Waals surface area contributed by atoms with Crippen LogP contribution < -0.4 is 15.0 Å². The van der Waals surface area contributed by atoms with Crippen LogP contribution in [0.3, 0.4) is 0 Å². The number of ether oxygens (including phenoxy) is 2. The predicted molar refractivity (Wildman–Crippen MR) is 152 cm³/mol. The van der Waals surface area contributed by atoms with E-state index in [9.17, 15) is 5.11 Å². The summed E-state index contributed by atoms with van der Waals surface area (Å²) in [4.78, 5) is 15.8. The fourth-order valence-electron chi connectivity index (χ4n) is 5.01. The van der Waals surface area contributed by atoms with Crippen molar-refractivity contribution < 1.29 is 14.6 Å². The summed E-state index contributed by atoms with van der Waals surface area (Å²) in [6.07, 6.45) is 3.27. The lowest BCUT2D eigenvalue weighted by Gasteiger charge is -2.33. The quantitative estimate of drug-likeness (QED) is 0.282. The molecular weight excluding hydrogens is 502 g/mol. The number of likely N-dealkylation sites (N-methyl/N-ethyl adjacent to an activating group) is 1. The molecule has 1 unspecified atom stereocenters. The van der Waals surface area contributed by atoms with E-state index in [-0.39, 0.29) is 6.61 Å². The first-order valence-corrected chi connectivity index (χ1v) is 13.3. The van der Waals surface area contributed by atoms with Crippen LogP contribution in [0.15, 0.2) is 48.7 Å². The Labute approximate surface area is 228 Å². The second kappa shape index (κ2) is 11.7. The van der Waals surface area contributed by atoms with Gasteiger partial charge in [0.1, 0.15) is 24.3 Å². The van der Waals surface area contributed by atoms with Gasteiger partial charge in [-0.2, -0.15) is 0 Å². The summed E-state index contributed by atoms with van der Waals surface area (Å²) >= 11 is 6.51. The minimum atomic E-state index is -0.633. The van der Waals surface area contributed by atoms with Crippen LogP contribution in [-0.4, -0.2) is 72.7 Å². The maximum atomic E-state index is 10.1. The first-order valence-electron chi connectivity index (χ1n) is 13.0. The van der Waals surface area contributed by atoms with Gasteiger partial charge in [-0.15, -0.1) is 0 Å². The van der Waals surface area contributed by atoms with Gasteiger partial charge in [0.25, 0.3) is 0 Å². The second-order valence-electron chi connectivity index (χ2n) is 9.74. The van der Waals surface area contributed by atoms with E-state index in [1.54, 1.807) is 13.1 Å². The van der Waals surface area contributed by atoms with Crippen molar-refractivity contribution in [2.75, 3.05) is 45.4 Å². The average Bonchev–Trinajstić information content (AvgIpc) is 3.36. The molecular formula is C29H34ClN5O3. The lowest BCUT2D eigenvalue weighted by Crippen LogP contribution is -2.37. The lowest BCUT2D eigenvalue weighted by atomic mass is 10.0. The third-order valence-electron chi connectivity index (χ3n) is 7.05. The van der Waals surface area contributed by atoms with Gasteiger partial charge in [-0.05, 0) is 51.1 Å². The van der Waals surface area contributed by atoms with Crippen LogP contribution in [0.2, 0.25) is 5.02 Å². The van der Waals surface area contributed by atoms with E-state index in [0.717, 1.165) is 65.2 Å². The van der Waals surface area contributed by atoms with Crippen LogP contribution in [0.1, 0.15) is 18.4 Å². The highest BCUT2D eigenvalue weighted by molar-refractivity contribution is 6.31. The van der Waals surface area contributed by atoms with Crippen molar-refractivity contribution in [3.8, 4) is 28.4 Å². The number of anilines is 1. The van der Waals surface area contributed by atoms with Crippen LogP contribution in [-0.2, 0) is 4.74 Å². The molecule has 4 aromatic rings. The van der Waals surface area contributed by atoms with Gasteiger partial charge in [-0.1, -0.05) is 29.8 Å². The number of aliphatic hydroxyl groups is 1. The third kappa shape index (κ3) is 5.63. The van der Waals surface area contributed by atoms with Crippen molar-refractivity contribution in [1.82, 2.24) is 20.3 Å². The standard InChI is InChI=1S/C29H34ClN5O3/c1-18-27(25-16-32-26-7-5-4-6-24(25)26)33-28(34-29(18)35(3)21-8-10-37-11-9-21)19-12-20(30)14-23(13-19)38-17-22(36)15-31-2/h4-7,12-14,16,21-22,31-32,36H,8-11,15,17H2,1-3H3. The Morgan fingerprint density at radius 2 is 2.00 bits per heavy atom. The Morgan fingerprint density at radius 3 is 2.79 bits per heavy atom. The first-order chi connectivity index (χ1) is 18.4. The van der Waals surface area contributed by atoms with Crippen LogP contribution in [0.25, 0.3) is 33.5 Å². The molecule has 0 radical (unpaired) electrons. The smallest absolute Gasteiger partial charge is 0.162 e. The Kier molecular flexibility index (Phi) is 8.14. The number of rotatable bonds is 9. The number of halogens is 1. The third-order valence-corrected chi connectivity index (χ3v) is 7.27. The zero-order chi connectivity index (χ0) is 26.6. The van der Waals surface area contributed by atoms with E-state index in [0.29, 0.717) is 29.2 Å². The van der Waals surface area contributed by atoms with Crippen molar-refractivity contribution in [2.45, 2.75) is 31.9 Å². The van der Waals surface area contributed by atoms with Crippen molar-refractivity contribution in [1.29, 1.82) is 0 Å². The molecule has 0 spiro atoms. The number of nitrogens with zero attached hydrogens (tertiary/aromatic N) is 3. The van der Waals surface area contributed by atoms with Gasteiger partial charge in [0.05, 0.1) is 5.69 Å². The van der Waals surface area contributed by atoms with Crippen molar-refractivity contribution in [3.63, 3.8) is 0 Å². The van der Waals surface area contributed by atoms with Gasteiger partial charge in [0.15, 0.2) is 5.82 Å². The highest BCUT2D eigenvalue weighted by Crippen LogP contribution is 2.37. The molecule has 0 bridgehead atoms. The number of benzene rings is 2. The zero-order valence-electron chi connectivity index (χ0n) is 22.0. The van der Waals surface area contributed by atoms with Crippen molar-refractivity contribution in [2.24, 2.45) is 0 Å². The fraction of sp³-hybridized carbons (Fsp3) is 0.379. The van der Waals surface area contributed by atoms with Gasteiger partial charge in [-0.3, -0.25) is 0 Å². The van der Waals surface area contributed by atoms with Gasteiger partial charge in [-0.25, -0.2) is 9.97 Å². The van der Waals surface area contributed by atoms with Crippen LogP contribution >= 0.6 is 11.6 Å². The van der Waals surface area contributed by atoms with E-state index in [4.69, 9.17) is 31.0 Å². The SMILES string of the molecule is CNCC(O)COc1cc(Cl)cc(-c2nc(-c3c[nH]c4ccccc34)c(C)c(N(C)C3CCOCC3)n2)c1. The van der Waals surface area contributed by atoms with Gasteiger partial charge < -0.3 is 29.8 Å². The number of aromatic amines is 1. The Morgan fingerprint density at radius 1 is 1.21 bits per heavy atom. The molecule has 200 valence electrons. The normalized spacial score (nSPS) is 15.1. The Bertz CT molecular complexity index is 1400. The molecule has 1 saturated heterocycles. The number of H-pyrrole nitrogens is 1. The number of hydrogen-bond donors (Lipinski definition) is 3. The second-order valence-corrected chi connectivity index (χ2v) is 10.2. The van der Waals surface area contributed by atoms with Gasteiger partial charge in [0.2, 0.25) is 0 Å². The van der Waals surface area contributed by atoms with Crippen LogP contribution in [0.5, 0.6) is 5.75 Å². The molecule has 1 atom stereocenters. The molecule has 5 rings (SSSR count). The van der Waals surface area contributed by atoms with Crippen LogP contribution in [0.4, 0.5) is 5.82 Å². The highest BCUT2D eigenvalue weighted by atomic mass is 35.5. The molecule has 2 aromatic heterocycles. The Balaban J connectivity index is 1.60. The summed E-state index contributed by atoms with van der Waals surface area (Å²) < 4.78 is 11.5. The fourth-order valence-corrected chi connectivity index (χ4v) is 5.24. The Hall–Kier alpha value is -3.17. The molecule has 8 nitrogen and oxygen atoms in total. The summed E-state index contributed by atoms with van der Waals surface area (Å²) in [7, 11) is 3.89. The average molecular weight is 536 g/mol. The molecule has 1 aliphatic heterocycles. The van der Waals surface area contributed by atoms with Gasteiger partial charge in [0, 0.05) is 71.7 Å². The van der Waals surface area contributed by atoms with E-state index < -0.39 is 6.10 Å². The molecule has 0 aliphatic carbocycles. The van der Waals surface area contributed by atoms with Crippen molar-refractivity contribution in [3.05, 3.63) is 59.2 Å². The van der Waals surface area contributed by atoms with E-state index in [2.05, 4.69) is 41.3 Å². The van der Waals surface area contributed by atoms with Crippen LogP contribution in [0, 0.1) is 6.92 Å². The van der Waals surface area contributed by atoms with E-state index in [1.165, 1.54) is 0 Å². The summed E-state index contributed by atoms with van der Waals surface area (Å²) in [6.45, 7) is 4.16. The maximum Gasteiger partial charge on any atom is 0.162 e. The maximum absolute atomic E-state index is 10.1. The molecule has 0 amide bonds. The number of aromatic nitrogens is 3. The number of para-hydroxylation sites is 1. The minimum absolute atomic E-state index is 0.147. The zero-order valence-corrected chi connectivity index (χ0v) is 22.8. The molecule has 9 heteroatoms. The monoisotopic (exact) mass is 535 g/mol. The predicted octanol–water partition coefficient (Wildman–Crippen LogP) is 4.83. The number of nitrogens with one attached hydrogen (secondary N) is 2. The summed E-state index contributed by atoms with van der Waals surface area (Å²) in [6, 6.07) is 14.0. The highest BCUT2D eigenvalue weighted by Gasteiger charge is 2.25. The summed E-state index contributed by atoms with van der Waals surface area (Å²) in [5.74, 6) is 2.00. The molecule has 1 aliphatic rings. The van der Waals surface area contributed by atoms with E-state index >= 15 is 0 Å². The molecule has 3 heterocycles. The van der Waals surface area contributed by atoms with E-state index in [1.807, 2.05) is 30.5 Å². The first kappa shape index (κ1) is 26.4. The molecule has 1 fully saturated rings. The molecule has 2 aromatic carbocycles. The molecule has 38 heavy (non-hydrogen) atoms. The number of hydrogen-bond acceptors (Lipinski definition) is 7. The summed E-state index contributed by atoms with van der Waals surface area (Å²) in [5, 5.41) is 14.6. The topological polar surface area (TPSA) is 95.5 Å². The largest absolute Gasteiger partial charge is 0.491 e. The lowest BCUT2D eigenvalue weighted by molar-refractivity contribution is 0.0853. The molecule has 0 saturated carbocycles.